The zero-order valence-corrected chi connectivity index (χ0v) is 18.6. The standard InChI is InChI=1S/C30H28O2/c1-2-3-4-5-11-19-32-30-24-17-10-9-16-23(24)29-25(30)20-22-15-12-18-26(31)27(22)28(29)21-13-7-6-8-14-21/h6-10,13-14,16-17,20,30H,2-4,12,15,18-19H2,1H3. The van der Waals surface area contributed by atoms with Gasteiger partial charge in [0.05, 0.1) is 0 Å². The third kappa shape index (κ3) is 3.68. The van der Waals surface area contributed by atoms with Crippen molar-refractivity contribution >= 4 is 5.78 Å². The molecule has 2 nitrogen and oxygen atoms in total. The van der Waals surface area contributed by atoms with Gasteiger partial charge < -0.3 is 4.74 Å². The van der Waals surface area contributed by atoms with Gasteiger partial charge in [0, 0.05) is 24.0 Å². The molecule has 0 fully saturated rings. The first-order valence-electron chi connectivity index (χ1n) is 11.7. The van der Waals surface area contributed by atoms with Gasteiger partial charge >= 0.3 is 0 Å². The van der Waals surface area contributed by atoms with E-state index in [0.717, 1.165) is 59.9 Å². The summed E-state index contributed by atoms with van der Waals surface area (Å²) in [7, 11) is 0. The summed E-state index contributed by atoms with van der Waals surface area (Å²) in [5.41, 5.74) is 8.93. The zero-order valence-electron chi connectivity index (χ0n) is 18.6. The van der Waals surface area contributed by atoms with Gasteiger partial charge in [-0.05, 0) is 52.6 Å². The summed E-state index contributed by atoms with van der Waals surface area (Å²) < 4.78 is 6.39. The number of fused-ring (bicyclic) bond motifs is 4. The molecule has 0 spiro atoms. The molecule has 0 heterocycles. The van der Waals surface area contributed by atoms with Crippen molar-refractivity contribution in [3.05, 3.63) is 82.9 Å². The lowest BCUT2D eigenvalue weighted by molar-refractivity contribution is 0.0972. The molecule has 32 heavy (non-hydrogen) atoms. The minimum Gasteiger partial charge on any atom is -0.356 e. The molecule has 0 bridgehead atoms. The highest BCUT2D eigenvalue weighted by Crippen LogP contribution is 2.52. The van der Waals surface area contributed by atoms with E-state index in [4.69, 9.17) is 4.74 Å². The number of aryl methyl sites for hydroxylation is 1. The van der Waals surface area contributed by atoms with E-state index in [1.165, 1.54) is 16.7 Å². The number of hydrogen-bond donors (Lipinski definition) is 0. The maximum atomic E-state index is 13.1. The lowest BCUT2D eigenvalue weighted by atomic mass is 9.80. The van der Waals surface area contributed by atoms with Crippen molar-refractivity contribution in [3.8, 4) is 34.1 Å². The lowest BCUT2D eigenvalue weighted by Gasteiger charge is -2.23. The summed E-state index contributed by atoms with van der Waals surface area (Å²) >= 11 is 0. The fourth-order valence-corrected chi connectivity index (χ4v) is 5.06. The lowest BCUT2D eigenvalue weighted by Crippen LogP contribution is -2.14. The maximum Gasteiger partial charge on any atom is 0.163 e. The van der Waals surface area contributed by atoms with Gasteiger partial charge in [-0.1, -0.05) is 79.9 Å². The number of rotatable bonds is 5. The monoisotopic (exact) mass is 420 g/mol. The maximum absolute atomic E-state index is 13.1. The van der Waals surface area contributed by atoms with Crippen molar-refractivity contribution in [3.63, 3.8) is 0 Å². The summed E-state index contributed by atoms with van der Waals surface area (Å²) in [6, 6.07) is 21.1. The number of unbranched alkanes of at least 4 members (excludes halogenated alkanes) is 2. The third-order valence-electron chi connectivity index (χ3n) is 6.53. The van der Waals surface area contributed by atoms with Gasteiger partial charge in [0.1, 0.15) is 12.7 Å². The Kier molecular flexibility index (Phi) is 5.93. The van der Waals surface area contributed by atoms with Crippen molar-refractivity contribution in [1.29, 1.82) is 0 Å². The van der Waals surface area contributed by atoms with Crippen molar-refractivity contribution in [2.24, 2.45) is 0 Å². The van der Waals surface area contributed by atoms with Crippen molar-refractivity contribution in [2.45, 2.75) is 51.6 Å². The van der Waals surface area contributed by atoms with Crippen LogP contribution in [0.1, 0.15) is 72.2 Å². The molecule has 0 radical (unpaired) electrons. The second-order valence-corrected chi connectivity index (χ2v) is 8.63. The number of carbonyl (C=O) groups excluding carboxylic acids is 1. The summed E-state index contributed by atoms with van der Waals surface area (Å²) in [5.74, 6) is 6.69. The molecular formula is C30H28O2. The number of ether oxygens (including phenoxy) is 1. The first-order valence-corrected chi connectivity index (χ1v) is 11.7. The Morgan fingerprint density at radius 1 is 0.906 bits per heavy atom. The molecule has 3 aromatic rings. The molecule has 5 rings (SSSR count). The third-order valence-corrected chi connectivity index (χ3v) is 6.53. The molecule has 0 saturated carbocycles. The molecule has 2 aliphatic rings. The highest BCUT2D eigenvalue weighted by molar-refractivity contribution is 6.09. The summed E-state index contributed by atoms with van der Waals surface area (Å²) in [4.78, 5) is 13.1. The van der Waals surface area contributed by atoms with E-state index < -0.39 is 0 Å². The van der Waals surface area contributed by atoms with Crippen LogP contribution >= 0.6 is 0 Å². The second-order valence-electron chi connectivity index (χ2n) is 8.63. The molecule has 1 atom stereocenters. The summed E-state index contributed by atoms with van der Waals surface area (Å²) in [6.07, 6.45) is 5.54. The molecule has 0 saturated heterocycles. The summed E-state index contributed by atoms with van der Waals surface area (Å²) in [5, 5.41) is 0. The van der Waals surface area contributed by atoms with E-state index in [0.29, 0.717) is 13.0 Å². The molecule has 1 unspecified atom stereocenters. The average molecular weight is 421 g/mol. The molecule has 3 aromatic carbocycles. The molecule has 0 N–H and O–H groups in total. The second kappa shape index (κ2) is 9.15. The van der Waals surface area contributed by atoms with Crippen LogP contribution in [0.2, 0.25) is 0 Å². The van der Waals surface area contributed by atoms with Crippen LogP contribution in [0.5, 0.6) is 0 Å². The largest absolute Gasteiger partial charge is 0.356 e. The van der Waals surface area contributed by atoms with Crippen molar-refractivity contribution in [2.75, 3.05) is 6.61 Å². The van der Waals surface area contributed by atoms with Gasteiger partial charge in [-0.25, -0.2) is 0 Å². The SMILES string of the molecule is CCCCC#CCOC1c2ccccc2-c2c1cc1c(c2-c2ccccc2)C(=O)CCC1. The van der Waals surface area contributed by atoms with Crippen LogP contribution in [0.4, 0.5) is 0 Å². The van der Waals surface area contributed by atoms with Gasteiger partial charge in [0.25, 0.3) is 0 Å². The minimum absolute atomic E-state index is 0.147. The molecule has 2 heteroatoms. The van der Waals surface area contributed by atoms with E-state index in [1.54, 1.807) is 0 Å². The van der Waals surface area contributed by atoms with Gasteiger partial charge in [-0.3, -0.25) is 4.79 Å². The van der Waals surface area contributed by atoms with E-state index in [2.05, 4.69) is 73.4 Å². The molecule has 2 aliphatic carbocycles. The van der Waals surface area contributed by atoms with Gasteiger partial charge in [-0.15, -0.1) is 5.92 Å². The fourth-order valence-electron chi connectivity index (χ4n) is 5.06. The predicted molar refractivity (Wildman–Crippen MR) is 130 cm³/mol. The highest BCUT2D eigenvalue weighted by atomic mass is 16.5. The number of ketones is 1. The average Bonchev–Trinajstić information content (AvgIpc) is 3.14. The van der Waals surface area contributed by atoms with E-state index >= 15 is 0 Å². The van der Waals surface area contributed by atoms with Crippen LogP contribution in [0.15, 0.2) is 60.7 Å². The van der Waals surface area contributed by atoms with E-state index in [1.807, 2.05) is 6.07 Å². The van der Waals surface area contributed by atoms with E-state index in [9.17, 15) is 4.79 Å². The highest BCUT2D eigenvalue weighted by Gasteiger charge is 2.35. The molecule has 0 aromatic heterocycles. The van der Waals surface area contributed by atoms with Crippen molar-refractivity contribution < 1.29 is 9.53 Å². The fraction of sp³-hybridized carbons (Fsp3) is 0.300. The quantitative estimate of drug-likeness (QED) is 0.323. The Morgan fingerprint density at radius 3 is 2.56 bits per heavy atom. The van der Waals surface area contributed by atoms with Crippen LogP contribution < -0.4 is 0 Å². The number of hydrogen-bond acceptors (Lipinski definition) is 2. The number of benzene rings is 3. The number of Topliss-reactive ketones (excluding diaryl/α,β-unsaturated/α-hetero) is 1. The van der Waals surface area contributed by atoms with Gasteiger partial charge in [-0.2, -0.15) is 0 Å². The molecular weight excluding hydrogens is 392 g/mol. The first-order chi connectivity index (χ1) is 15.8. The smallest absolute Gasteiger partial charge is 0.163 e. The topological polar surface area (TPSA) is 26.3 Å². The zero-order chi connectivity index (χ0) is 21.9. The van der Waals surface area contributed by atoms with Crippen LogP contribution in [0, 0.1) is 11.8 Å². The van der Waals surface area contributed by atoms with Crippen LogP contribution in [-0.2, 0) is 11.2 Å². The molecule has 0 amide bonds. The Labute approximate surface area is 190 Å². The summed E-state index contributed by atoms with van der Waals surface area (Å²) in [6.45, 7) is 2.60. The Morgan fingerprint density at radius 2 is 1.72 bits per heavy atom. The van der Waals surface area contributed by atoms with Crippen LogP contribution in [0.3, 0.4) is 0 Å². The van der Waals surface area contributed by atoms with Crippen molar-refractivity contribution in [1.82, 2.24) is 0 Å². The first kappa shape index (κ1) is 20.7. The predicted octanol–water partition coefficient (Wildman–Crippen LogP) is 7.15. The molecule has 160 valence electrons. The van der Waals surface area contributed by atoms with Gasteiger partial charge in [0.2, 0.25) is 0 Å². The van der Waals surface area contributed by atoms with Crippen LogP contribution in [-0.4, -0.2) is 12.4 Å². The van der Waals surface area contributed by atoms with Gasteiger partial charge in [0.15, 0.2) is 5.78 Å². The Hall–Kier alpha value is -3.15. The van der Waals surface area contributed by atoms with E-state index in [-0.39, 0.29) is 11.9 Å². The Balaban J connectivity index is 1.66. The number of carbonyl (C=O) groups is 1. The normalized spacial score (nSPS) is 16.0. The minimum atomic E-state index is -0.147. The molecule has 0 aliphatic heterocycles. The Bertz CT molecular complexity index is 1210. The van der Waals surface area contributed by atoms with Crippen LogP contribution in [0.25, 0.3) is 22.3 Å².